The highest BCUT2D eigenvalue weighted by molar-refractivity contribution is 7.89. The molecular formula is C18H16N2O4S. The summed E-state index contributed by atoms with van der Waals surface area (Å²) >= 11 is 0. The van der Waals surface area contributed by atoms with Gasteiger partial charge in [0, 0.05) is 13.1 Å². The highest BCUT2D eigenvalue weighted by atomic mass is 32.2. The van der Waals surface area contributed by atoms with Gasteiger partial charge in [-0.15, -0.1) is 0 Å². The normalized spacial score (nSPS) is 16.8. The molecule has 2 aliphatic rings. The molecule has 7 heteroatoms. The van der Waals surface area contributed by atoms with E-state index in [1.54, 1.807) is 12.1 Å². The first-order chi connectivity index (χ1) is 12.1. The lowest BCUT2D eigenvalue weighted by Gasteiger charge is -2.30. The van der Waals surface area contributed by atoms with Gasteiger partial charge in [-0.3, -0.25) is 0 Å². The minimum atomic E-state index is -3.73. The number of sulfonamides is 1. The van der Waals surface area contributed by atoms with Gasteiger partial charge in [0.05, 0.1) is 10.5 Å². The van der Waals surface area contributed by atoms with Crippen LogP contribution in [0.5, 0.6) is 11.5 Å². The van der Waals surface area contributed by atoms with Crippen molar-refractivity contribution in [3.63, 3.8) is 0 Å². The predicted octanol–water partition coefficient (Wildman–Crippen LogP) is 2.08. The van der Waals surface area contributed by atoms with Gasteiger partial charge in [0.2, 0.25) is 10.0 Å². The quantitative estimate of drug-likeness (QED) is 0.823. The Balaban J connectivity index is 1.69. The molecule has 2 aromatic rings. The van der Waals surface area contributed by atoms with E-state index in [0.29, 0.717) is 31.9 Å². The summed E-state index contributed by atoms with van der Waals surface area (Å²) in [7, 11) is -3.73. The fourth-order valence-electron chi connectivity index (χ4n) is 3.20. The molecule has 2 aliphatic heterocycles. The maximum Gasteiger partial charge on any atom is 0.244 e. The van der Waals surface area contributed by atoms with Crippen LogP contribution in [0.1, 0.15) is 16.7 Å². The van der Waals surface area contributed by atoms with Gasteiger partial charge in [0.1, 0.15) is 19.3 Å². The molecular weight excluding hydrogens is 340 g/mol. The van der Waals surface area contributed by atoms with Gasteiger partial charge in [-0.05, 0) is 41.8 Å². The van der Waals surface area contributed by atoms with Crippen LogP contribution < -0.4 is 9.47 Å². The minimum absolute atomic E-state index is 0.0542. The van der Waals surface area contributed by atoms with E-state index in [1.165, 1.54) is 16.4 Å². The third-order valence-electron chi connectivity index (χ3n) is 4.47. The zero-order chi connectivity index (χ0) is 17.4. The summed E-state index contributed by atoms with van der Waals surface area (Å²) in [6.45, 7) is 1.64. The summed E-state index contributed by atoms with van der Waals surface area (Å²) in [5, 5.41) is 9.21. The highest BCUT2D eigenvalue weighted by Crippen LogP contribution is 2.36. The number of hydrogen-bond donors (Lipinski definition) is 0. The minimum Gasteiger partial charge on any atom is -0.486 e. The summed E-state index contributed by atoms with van der Waals surface area (Å²) in [6, 6.07) is 12.1. The maximum absolute atomic E-state index is 13.0. The molecule has 0 radical (unpaired) electrons. The third-order valence-corrected chi connectivity index (χ3v) is 6.37. The molecule has 25 heavy (non-hydrogen) atoms. The summed E-state index contributed by atoms with van der Waals surface area (Å²) < 4.78 is 38.6. The van der Waals surface area contributed by atoms with Gasteiger partial charge in [-0.2, -0.15) is 9.57 Å². The van der Waals surface area contributed by atoms with Gasteiger partial charge in [-0.1, -0.05) is 12.1 Å². The second kappa shape index (κ2) is 6.06. The van der Waals surface area contributed by atoms with Crippen LogP contribution in [0.25, 0.3) is 0 Å². The van der Waals surface area contributed by atoms with Crippen LogP contribution in [0.3, 0.4) is 0 Å². The van der Waals surface area contributed by atoms with Crippen molar-refractivity contribution in [3.8, 4) is 17.6 Å². The lowest BCUT2D eigenvalue weighted by molar-refractivity contribution is 0.171. The van der Waals surface area contributed by atoms with Crippen molar-refractivity contribution in [2.45, 2.75) is 17.9 Å². The summed E-state index contributed by atoms with van der Waals surface area (Å²) in [4.78, 5) is 0.0542. The lowest BCUT2D eigenvalue weighted by Crippen LogP contribution is -2.36. The molecule has 0 spiro atoms. The van der Waals surface area contributed by atoms with Crippen LogP contribution in [0.15, 0.2) is 41.3 Å². The van der Waals surface area contributed by atoms with Gasteiger partial charge in [-0.25, -0.2) is 8.42 Å². The Labute approximate surface area is 146 Å². The second-order valence-electron chi connectivity index (χ2n) is 5.96. The number of nitriles is 1. The van der Waals surface area contributed by atoms with Crippen molar-refractivity contribution in [1.29, 1.82) is 5.26 Å². The zero-order valence-corrected chi connectivity index (χ0v) is 14.3. The van der Waals surface area contributed by atoms with E-state index in [2.05, 4.69) is 0 Å². The van der Waals surface area contributed by atoms with E-state index in [9.17, 15) is 13.7 Å². The lowest BCUT2D eigenvalue weighted by atomic mass is 10.00. The smallest absolute Gasteiger partial charge is 0.244 e. The van der Waals surface area contributed by atoms with Crippen molar-refractivity contribution < 1.29 is 17.9 Å². The largest absolute Gasteiger partial charge is 0.486 e. The molecule has 128 valence electrons. The van der Waals surface area contributed by atoms with Gasteiger partial charge in [0.25, 0.3) is 0 Å². The molecule has 2 aromatic carbocycles. The van der Waals surface area contributed by atoms with Gasteiger partial charge in [0.15, 0.2) is 11.5 Å². The monoisotopic (exact) mass is 356 g/mol. The fraction of sp³-hybridized carbons (Fsp3) is 0.278. The molecule has 0 saturated heterocycles. The maximum atomic E-state index is 13.0. The Morgan fingerprint density at radius 3 is 2.44 bits per heavy atom. The first kappa shape index (κ1) is 15.9. The first-order valence-electron chi connectivity index (χ1n) is 8.00. The number of fused-ring (bicyclic) bond motifs is 2. The zero-order valence-electron chi connectivity index (χ0n) is 13.4. The molecule has 0 saturated carbocycles. The molecule has 2 heterocycles. The van der Waals surface area contributed by atoms with E-state index in [1.807, 2.05) is 18.2 Å². The van der Waals surface area contributed by atoms with Gasteiger partial charge >= 0.3 is 0 Å². The average Bonchev–Trinajstić information content (AvgIpc) is 2.65. The molecule has 0 unspecified atom stereocenters. The van der Waals surface area contributed by atoms with E-state index in [0.717, 1.165) is 16.9 Å². The van der Waals surface area contributed by atoms with Crippen molar-refractivity contribution in [1.82, 2.24) is 4.31 Å². The molecule has 0 amide bonds. The first-order valence-corrected chi connectivity index (χ1v) is 9.44. The molecule has 6 nitrogen and oxygen atoms in total. The van der Waals surface area contributed by atoms with Crippen LogP contribution in [0, 0.1) is 11.3 Å². The van der Waals surface area contributed by atoms with Crippen LogP contribution in [-0.4, -0.2) is 32.5 Å². The summed E-state index contributed by atoms with van der Waals surface area (Å²) in [5.74, 6) is 1.37. The van der Waals surface area contributed by atoms with Crippen molar-refractivity contribution in [2.24, 2.45) is 0 Å². The Bertz CT molecular complexity index is 979. The van der Waals surface area contributed by atoms with Crippen LogP contribution in [0.2, 0.25) is 0 Å². The number of ether oxygens (including phenoxy) is 2. The van der Waals surface area contributed by atoms with Crippen molar-refractivity contribution in [2.75, 3.05) is 19.8 Å². The van der Waals surface area contributed by atoms with E-state index < -0.39 is 10.0 Å². The van der Waals surface area contributed by atoms with E-state index in [-0.39, 0.29) is 17.0 Å². The number of nitrogens with zero attached hydrogens (tertiary/aromatic N) is 2. The standard InChI is InChI=1S/C18H16N2O4S/c19-11-14-3-1-2-4-18(14)25(21,22)20-6-5-13-9-16-17(10-15(13)12-20)24-8-7-23-16/h1-4,9-10H,5-8,12H2. The Hall–Kier alpha value is -2.56. The van der Waals surface area contributed by atoms with Crippen LogP contribution in [0.4, 0.5) is 0 Å². The molecule has 0 fully saturated rings. The molecule has 0 atom stereocenters. The summed E-state index contributed by atoms with van der Waals surface area (Å²) in [5.41, 5.74) is 2.15. The number of rotatable bonds is 2. The topological polar surface area (TPSA) is 79.6 Å². The molecule has 0 N–H and O–H groups in total. The Morgan fingerprint density at radius 2 is 1.72 bits per heavy atom. The Morgan fingerprint density at radius 1 is 1.04 bits per heavy atom. The molecule has 0 aliphatic carbocycles. The van der Waals surface area contributed by atoms with Crippen LogP contribution >= 0.6 is 0 Å². The molecule has 0 aromatic heterocycles. The highest BCUT2D eigenvalue weighted by Gasteiger charge is 2.31. The SMILES string of the molecule is N#Cc1ccccc1S(=O)(=O)N1CCc2cc3c(cc2C1)OCCO3. The summed E-state index contributed by atoms with van der Waals surface area (Å²) in [6.07, 6.45) is 0.597. The average molecular weight is 356 g/mol. The van der Waals surface area contributed by atoms with Crippen LogP contribution in [-0.2, 0) is 23.0 Å². The van der Waals surface area contributed by atoms with E-state index >= 15 is 0 Å². The third kappa shape index (κ3) is 2.73. The van der Waals surface area contributed by atoms with Gasteiger partial charge < -0.3 is 9.47 Å². The second-order valence-corrected chi connectivity index (χ2v) is 7.87. The number of benzene rings is 2. The fourth-order valence-corrected chi connectivity index (χ4v) is 4.76. The predicted molar refractivity (Wildman–Crippen MR) is 89.9 cm³/mol. The molecule has 4 rings (SSSR count). The van der Waals surface area contributed by atoms with Crippen molar-refractivity contribution in [3.05, 3.63) is 53.1 Å². The Kier molecular flexibility index (Phi) is 3.86. The number of hydrogen-bond acceptors (Lipinski definition) is 5. The molecule has 0 bridgehead atoms. The van der Waals surface area contributed by atoms with Crippen molar-refractivity contribution >= 4 is 10.0 Å². The van der Waals surface area contributed by atoms with E-state index in [4.69, 9.17) is 9.47 Å².